The molecule has 142 valence electrons. The topological polar surface area (TPSA) is 56.2 Å². The van der Waals surface area contributed by atoms with Crippen molar-refractivity contribution in [3.63, 3.8) is 0 Å². The first kappa shape index (κ1) is 17.5. The molecule has 1 aromatic heterocycles. The summed E-state index contributed by atoms with van der Waals surface area (Å²) in [5.41, 5.74) is 0. The molecule has 0 saturated carbocycles. The number of aliphatic imine (C=N–C) groups is 1. The first-order chi connectivity index (χ1) is 12.8. The molecule has 0 amide bonds. The van der Waals surface area contributed by atoms with Crippen molar-refractivity contribution in [1.82, 2.24) is 20.1 Å². The van der Waals surface area contributed by atoms with Gasteiger partial charge in [0.15, 0.2) is 5.96 Å². The highest BCUT2D eigenvalue weighted by atomic mass is 16.5. The van der Waals surface area contributed by atoms with Gasteiger partial charge in [0.1, 0.15) is 5.82 Å². The van der Waals surface area contributed by atoms with Crippen LogP contribution in [0.25, 0.3) is 0 Å². The van der Waals surface area contributed by atoms with Gasteiger partial charge in [0.05, 0.1) is 12.7 Å². The van der Waals surface area contributed by atoms with Crippen molar-refractivity contribution in [2.45, 2.75) is 25.0 Å². The molecule has 7 nitrogen and oxygen atoms in total. The average molecular weight is 358 g/mol. The molecule has 1 N–H and O–H groups in total. The SMILES string of the molecule is CN=C(NCC1CN2CCCC2CO1)N1CCN(c2ccccn2)CC1. The molecule has 0 aromatic carbocycles. The Morgan fingerprint density at radius 3 is 2.92 bits per heavy atom. The Kier molecular flexibility index (Phi) is 5.55. The second kappa shape index (κ2) is 8.22. The van der Waals surface area contributed by atoms with Crippen LogP contribution in [0.3, 0.4) is 0 Å². The lowest BCUT2D eigenvalue weighted by Crippen LogP contribution is -2.55. The van der Waals surface area contributed by atoms with E-state index < -0.39 is 0 Å². The summed E-state index contributed by atoms with van der Waals surface area (Å²) in [6.45, 7) is 7.83. The zero-order chi connectivity index (χ0) is 17.8. The van der Waals surface area contributed by atoms with Gasteiger partial charge >= 0.3 is 0 Å². The van der Waals surface area contributed by atoms with Crippen LogP contribution in [0.1, 0.15) is 12.8 Å². The molecule has 0 spiro atoms. The minimum atomic E-state index is 0.260. The van der Waals surface area contributed by atoms with E-state index in [4.69, 9.17) is 4.74 Å². The average Bonchev–Trinajstić information content (AvgIpc) is 3.17. The van der Waals surface area contributed by atoms with Crippen molar-refractivity contribution in [2.75, 3.05) is 64.4 Å². The number of nitrogens with zero attached hydrogens (tertiary/aromatic N) is 5. The maximum atomic E-state index is 6.05. The Morgan fingerprint density at radius 1 is 1.27 bits per heavy atom. The Labute approximate surface area is 156 Å². The van der Waals surface area contributed by atoms with Gasteiger partial charge in [-0.3, -0.25) is 9.89 Å². The predicted octanol–water partition coefficient (Wildman–Crippen LogP) is 0.642. The van der Waals surface area contributed by atoms with Crippen molar-refractivity contribution in [3.05, 3.63) is 24.4 Å². The Hall–Kier alpha value is -1.86. The zero-order valence-corrected chi connectivity index (χ0v) is 15.7. The Morgan fingerprint density at radius 2 is 2.15 bits per heavy atom. The minimum absolute atomic E-state index is 0.260. The maximum Gasteiger partial charge on any atom is 0.193 e. The van der Waals surface area contributed by atoms with Crippen LogP contribution >= 0.6 is 0 Å². The third kappa shape index (κ3) is 3.94. The number of aromatic nitrogens is 1. The summed E-state index contributed by atoms with van der Waals surface area (Å²) >= 11 is 0. The summed E-state index contributed by atoms with van der Waals surface area (Å²) in [6.07, 6.45) is 4.73. The largest absolute Gasteiger partial charge is 0.373 e. The molecule has 4 rings (SSSR count). The number of rotatable bonds is 3. The molecule has 7 heteroatoms. The Balaban J connectivity index is 1.25. The van der Waals surface area contributed by atoms with Crippen LogP contribution in [0.4, 0.5) is 5.82 Å². The molecule has 0 bridgehead atoms. The second-order valence-corrected chi connectivity index (χ2v) is 7.34. The number of ether oxygens (including phenoxy) is 1. The molecule has 26 heavy (non-hydrogen) atoms. The lowest BCUT2D eigenvalue weighted by molar-refractivity contribution is -0.0454. The van der Waals surface area contributed by atoms with Crippen LogP contribution in [0.2, 0.25) is 0 Å². The smallest absolute Gasteiger partial charge is 0.193 e. The number of guanidine groups is 1. The number of nitrogens with one attached hydrogen (secondary N) is 1. The second-order valence-electron chi connectivity index (χ2n) is 7.34. The van der Waals surface area contributed by atoms with Crippen molar-refractivity contribution in [3.8, 4) is 0 Å². The first-order valence-electron chi connectivity index (χ1n) is 9.81. The molecular weight excluding hydrogens is 328 g/mol. The number of anilines is 1. The fourth-order valence-electron chi connectivity index (χ4n) is 4.23. The monoisotopic (exact) mass is 358 g/mol. The van der Waals surface area contributed by atoms with E-state index in [0.717, 1.165) is 57.7 Å². The first-order valence-corrected chi connectivity index (χ1v) is 9.81. The van der Waals surface area contributed by atoms with Crippen molar-refractivity contribution < 1.29 is 4.74 Å². The Bertz CT molecular complexity index is 601. The normalized spacial score (nSPS) is 27.5. The minimum Gasteiger partial charge on any atom is -0.373 e. The van der Waals surface area contributed by atoms with E-state index in [9.17, 15) is 0 Å². The van der Waals surface area contributed by atoms with Gasteiger partial charge in [-0.25, -0.2) is 4.98 Å². The summed E-state index contributed by atoms with van der Waals surface area (Å²) in [6, 6.07) is 6.74. The molecule has 0 aliphatic carbocycles. The van der Waals surface area contributed by atoms with Crippen LogP contribution < -0.4 is 10.2 Å². The van der Waals surface area contributed by atoms with Gasteiger partial charge in [-0.15, -0.1) is 0 Å². The van der Waals surface area contributed by atoms with Crippen LogP contribution in [-0.2, 0) is 4.74 Å². The van der Waals surface area contributed by atoms with E-state index in [2.05, 4.69) is 36.1 Å². The summed E-state index contributed by atoms with van der Waals surface area (Å²) in [5.74, 6) is 2.05. The highest BCUT2D eigenvalue weighted by molar-refractivity contribution is 5.80. The van der Waals surface area contributed by atoms with E-state index in [0.29, 0.717) is 6.04 Å². The molecule has 4 heterocycles. The standard InChI is InChI=1S/C19H30N6O/c1-20-19(22-13-17-14-25-8-4-5-16(25)15-26-17)24-11-9-23(10-12-24)18-6-2-3-7-21-18/h2-3,6-7,16-17H,4-5,8-15H2,1H3,(H,20,22). The van der Waals surface area contributed by atoms with Gasteiger partial charge in [-0.2, -0.15) is 0 Å². The van der Waals surface area contributed by atoms with Crippen molar-refractivity contribution >= 4 is 11.8 Å². The number of hydrogen-bond donors (Lipinski definition) is 1. The van der Waals surface area contributed by atoms with Crippen LogP contribution in [0.5, 0.6) is 0 Å². The molecule has 1 aromatic rings. The summed E-state index contributed by atoms with van der Waals surface area (Å²) in [7, 11) is 1.87. The summed E-state index contributed by atoms with van der Waals surface area (Å²) in [4.78, 5) is 16.2. The van der Waals surface area contributed by atoms with Gasteiger partial charge in [-0.1, -0.05) is 6.07 Å². The fraction of sp³-hybridized carbons (Fsp3) is 0.684. The molecule has 2 atom stereocenters. The third-order valence-corrected chi connectivity index (χ3v) is 5.71. The highest BCUT2D eigenvalue weighted by Crippen LogP contribution is 2.22. The number of morpholine rings is 1. The van der Waals surface area contributed by atoms with Gasteiger partial charge in [0.2, 0.25) is 0 Å². The number of pyridine rings is 1. The molecule has 0 radical (unpaired) electrons. The molecule has 3 aliphatic heterocycles. The maximum absolute atomic E-state index is 6.05. The van der Waals surface area contributed by atoms with Gasteiger partial charge in [0.25, 0.3) is 0 Å². The van der Waals surface area contributed by atoms with Gasteiger partial charge in [0, 0.05) is 58.6 Å². The molecule has 3 saturated heterocycles. The zero-order valence-electron chi connectivity index (χ0n) is 15.7. The number of hydrogen-bond acceptors (Lipinski definition) is 5. The molecular formula is C19H30N6O. The molecule has 2 unspecified atom stereocenters. The van der Waals surface area contributed by atoms with E-state index >= 15 is 0 Å². The molecule has 3 aliphatic rings. The van der Waals surface area contributed by atoms with E-state index in [1.807, 2.05) is 25.4 Å². The highest BCUT2D eigenvalue weighted by Gasteiger charge is 2.32. The molecule has 3 fully saturated rings. The predicted molar refractivity (Wildman–Crippen MR) is 104 cm³/mol. The van der Waals surface area contributed by atoms with E-state index in [1.54, 1.807) is 0 Å². The van der Waals surface area contributed by atoms with Crippen LogP contribution in [-0.4, -0.2) is 92.4 Å². The van der Waals surface area contributed by atoms with Gasteiger partial charge in [-0.05, 0) is 31.5 Å². The van der Waals surface area contributed by atoms with Crippen molar-refractivity contribution in [1.29, 1.82) is 0 Å². The van der Waals surface area contributed by atoms with Crippen molar-refractivity contribution in [2.24, 2.45) is 4.99 Å². The van der Waals surface area contributed by atoms with E-state index in [-0.39, 0.29) is 6.10 Å². The lowest BCUT2D eigenvalue weighted by atomic mass is 10.2. The third-order valence-electron chi connectivity index (χ3n) is 5.71. The number of fused-ring (bicyclic) bond motifs is 1. The van der Waals surface area contributed by atoms with Gasteiger partial charge < -0.3 is 19.9 Å². The van der Waals surface area contributed by atoms with Crippen LogP contribution in [0, 0.1) is 0 Å². The lowest BCUT2D eigenvalue weighted by Gasteiger charge is -2.38. The summed E-state index contributed by atoms with van der Waals surface area (Å²) in [5, 5.41) is 3.53. The quantitative estimate of drug-likeness (QED) is 0.632. The number of piperazine rings is 1. The fourth-order valence-corrected chi connectivity index (χ4v) is 4.23. The summed E-state index contributed by atoms with van der Waals surface area (Å²) < 4.78 is 6.05. The van der Waals surface area contributed by atoms with E-state index in [1.165, 1.54) is 19.4 Å². The van der Waals surface area contributed by atoms with Crippen LogP contribution in [0.15, 0.2) is 29.4 Å².